The van der Waals surface area contributed by atoms with Crippen LogP contribution in [0, 0.1) is 5.82 Å². The lowest BCUT2D eigenvalue weighted by atomic mass is 10.1. The lowest BCUT2D eigenvalue weighted by Crippen LogP contribution is -2.33. The van der Waals surface area contributed by atoms with Crippen molar-refractivity contribution >= 4 is 17.7 Å². The van der Waals surface area contributed by atoms with Gasteiger partial charge in [-0.3, -0.25) is 19.3 Å². The van der Waals surface area contributed by atoms with E-state index in [2.05, 4.69) is 10.2 Å². The summed E-state index contributed by atoms with van der Waals surface area (Å²) in [5, 5.41) is 2.86. The minimum atomic E-state index is -0.514. The second kappa shape index (κ2) is 8.13. The monoisotopic (exact) mass is 395 g/mol. The molecule has 0 aliphatic carbocycles. The number of likely N-dealkylation sites (tertiary alicyclic amines) is 1. The molecule has 0 atom stereocenters. The maximum Gasteiger partial charge on any atom is 0.261 e. The van der Waals surface area contributed by atoms with Crippen LogP contribution in [0.15, 0.2) is 42.5 Å². The Morgan fingerprint density at radius 1 is 1.00 bits per heavy atom. The van der Waals surface area contributed by atoms with Crippen molar-refractivity contribution in [1.82, 2.24) is 15.1 Å². The van der Waals surface area contributed by atoms with Crippen molar-refractivity contribution in [3.63, 3.8) is 0 Å². The third kappa shape index (κ3) is 3.91. The largest absolute Gasteiger partial charge is 0.351 e. The first-order valence-corrected chi connectivity index (χ1v) is 9.79. The predicted octanol–water partition coefficient (Wildman–Crippen LogP) is 2.45. The summed E-state index contributed by atoms with van der Waals surface area (Å²) in [5.74, 6) is -1.74. The second-order valence-corrected chi connectivity index (χ2v) is 7.35. The zero-order chi connectivity index (χ0) is 20.4. The summed E-state index contributed by atoms with van der Waals surface area (Å²) in [7, 11) is 0. The zero-order valence-electron chi connectivity index (χ0n) is 16.0. The Kier molecular flexibility index (Phi) is 5.40. The molecular weight excluding hydrogens is 373 g/mol. The lowest BCUT2D eigenvalue weighted by molar-refractivity contribution is 0.0641. The first kappa shape index (κ1) is 19.3. The Balaban J connectivity index is 1.45. The molecule has 1 N–H and O–H groups in total. The number of halogens is 1. The fraction of sp³-hybridized carbons (Fsp3) is 0.318. The van der Waals surface area contributed by atoms with Gasteiger partial charge in [-0.1, -0.05) is 18.2 Å². The van der Waals surface area contributed by atoms with Crippen molar-refractivity contribution in [1.29, 1.82) is 0 Å². The number of nitrogens with one attached hydrogen (secondary N) is 1. The number of hydrogen-bond acceptors (Lipinski definition) is 4. The van der Waals surface area contributed by atoms with Gasteiger partial charge in [0.25, 0.3) is 17.7 Å². The van der Waals surface area contributed by atoms with Crippen LogP contribution in [-0.4, -0.2) is 53.7 Å². The quantitative estimate of drug-likeness (QED) is 0.763. The molecule has 0 saturated carbocycles. The number of nitrogens with zero attached hydrogens (tertiary/aromatic N) is 2. The summed E-state index contributed by atoms with van der Waals surface area (Å²) in [5.41, 5.74) is 1.01. The summed E-state index contributed by atoms with van der Waals surface area (Å²) in [6.07, 6.45) is 2.39. The molecule has 0 aromatic heterocycles. The fourth-order valence-corrected chi connectivity index (χ4v) is 3.81. The molecule has 1 saturated heterocycles. The van der Waals surface area contributed by atoms with Gasteiger partial charge in [0.15, 0.2) is 0 Å². The van der Waals surface area contributed by atoms with Gasteiger partial charge in [-0.25, -0.2) is 4.39 Å². The number of imide groups is 1. The number of hydrogen-bond donors (Lipinski definition) is 1. The van der Waals surface area contributed by atoms with E-state index in [0.717, 1.165) is 24.5 Å². The van der Waals surface area contributed by atoms with Gasteiger partial charge in [0, 0.05) is 24.2 Å². The van der Waals surface area contributed by atoms with Crippen LogP contribution in [-0.2, 0) is 6.54 Å². The van der Waals surface area contributed by atoms with Gasteiger partial charge in [0.2, 0.25) is 0 Å². The summed E-state index contributed by atoms with van der Waals surface area (Å²) in [4.78, 5) is 41.1. The Labute approximate surface area is 168 Å². The van der Waals surface area contributed by atoms with Crippen molar-refractivity contribution in [2.75, 3.05) is 26.2 Å². The number of fused-ring (bicyclic) bond motifs is 1. The summed E-state index contributed by atoms with van der Waals surface area (Å²) in [6.45, 7) is 3.30. The van der Waals surface area contributed by atoms with Crippen molar-refractivity contribution in [2.24, 2.45) is 0 Å². The third-order valence-corrected chi connectivity index (χ3v) is 5.43. The molecule has 3 amide bonds. The van der Waals surface area contributed by atoms with E-state index in [0.29, 0.717) is 12.1 Å². The Morgan fingerprint density at radius 3 is 2.48 bits per heavy atom. The normalized spacial score (nSPS) is 16.4. The third-order valence-electron chi connectivity index (χ3n) is 5.43. The Morgan fingerprint density at radius 2 is 1.72 bits per heavy atom. The molecule has 6 nitrogen and oxygen atoms in total. The highest BCUT2D eigenvalue weighted by molar-refractivity contribution is 6.22. The molecule has 2 aromatic rings. The maximum atomic E-state index is 13.9. The van der Waals surface area contributed by atoms with E-state index in [1.807, 2.05) is 0 Å². The van der Waals surface area contributed by atoms with Crippen molar-refractivity contribution in [2.45, 2.75) is 19.4 Å². The first-order chi connectivity index (χ1) is 14.0. The van der Waals surface area contributed by atoms with Crippen LogP contribution >= 0.6 is 0 Å². The molecule has 0 radical (unpaired) electrons. The molecule has 7 heteroatoms. The van der Waals surface area contributed by atoms with E-state index in [4.69, 9.17) is 0 Å². The number of carbonyl (C=O) groups excluding carboxylic acids is 3. The van der Waals surface area contributed by atoms with Gasteiger partial charge in [-0.05, 0) is 50.2 Å². The van der Waals surface area contributed by atoms with Crippen molar-refractivity contribution in [3.05, 3.63) is 70.5 Å². The highest BCUT2D eigenvalue weighted by Crippen LogP contribution is 2.26. The van der Waals surface area contributed by atoms with Crippen LogP contribution in [0.2, 0.25) is 0 Å². The smallest absolute Gasteiger partial charge is 0.261 e. The SMILES string of the molecule is O=C(NCCN1CCCC1)c1ccc2c(c1)C(=O)N(Cc1ccccc1F)C2=O. The predicted molar refractivity (Wildman–Crippen MR) is 105 cm³/mol. The molecule has 0 bridgehead atoms. The number of rotatable bonds is 6. The van der Waals surface area contributed by atoms with E-state index >= 15 is 0 Å². The molecule has 2 heterocycles. The average Bonchev–Trinajstić information content (AvgIpc) is 3.32. The van der Waals surface area contributed by atoms with Crippen LogP contribution in [0.4, 0.5) is 4.39 Å². The minimum absolute atomic E-state index is 0.142. The lowest BCUT2D eigenvalue weighted by Gasteiger charge is -2.14. The second-order valence-electron chi connectivity index (χ2n) is 7.35. The summed E-state index contributed by atoms with van der Waals surface area (Å²) < 4.78 is 13.9. The highest BCUT2D eigenvalue weighted by Gasteiger charge is 2.36. The van der Waals surface area contributed by atoms with Crippen LogP contribution in [0.1, 0.15) is 49.5 Å². The van der Waals surface area contributed by atoms with E-state index in [-0.39, 0.29) is 29.1 Å². The van der Waals surface area contributed by atoms with Gasteiger partial charge in [-0.15, -0.1) is 0 Å². The average molecular weight is 395 g/mol. The Hall–Kier alpha value is -3.06. The Bertz CT molecular complexity index is 970. The van der Waals surface area contributed by atoms with Gasteiger partial charge in [0.05, 0.1) is 17.7 Å². The molecule has 0 unspecified atom stereocenters. The number of carbonyl (C=O) groups is 3. The van der Waals surface area contributed by atoms with Crippen LogP contribution in [0.3, 0.4) is 0 Å². The molecular formula is C22H22FN3O3. The van der Waals surface area contributed by atoms with Gasteiger partial charge < -0.3 is 10.2 Å². The van der Waals surface area contributed by atoms with Crippen molar-refractivity contribution in [3.8, 4) is 0 Å². The standard InChI is InChI=1S/C22H22FN3O3/c23-19-6-2-1-5-16(19)14-26-21(28)17-8-7-15(13-18(17)22(26)29)20(27)24-9-12-25-10-3-4-11-25/h1-2,5-8,13H,3-4,9-12,14H2,(H,24,27). The fourth-order valence-electron chi connectivity index (χ4n) is 3.81. The van der Waals surface area contributed by atoms with Gasteiger partial charge in [0.1, 0.15) is 5.82 Å². The molecule has 0 spiro atoms. The van der Waals surface area contributed by atoms with E-state index in [9.17, 15) is 18.8 Å². The minimum Gasteiger partial charge on any atom is -0.351 e. The van der Waals surface area contributed by atoms with Gasteiger partial charge >= 0.3 is 0 Å². The molecule has 150 valence electrons. The van der Waals surface area contributed by atoms with E-state index in [1.54, 1.807) is 18.2 Å². The van der Waals surface area contributed by atoms with Crippen LogP contribution in [0.5, 0.6) is 0 Å². The molecule has 2 aliphatic rings. The number of amides is 3. The molecule has 1 fully saturated rings. The van der Waals surface area contributed by atoms with Crippen molar-refractivity contribution < 1.29 is 18.8 Å². The zero-order valence-corrected chi connectivity index (χ0v) is 16.0. The maximum absolute atomic E-state index is 13.9. The highest BCUT2D eigenvalue weighted by atomic mass is 19.1. The number of benzene rings is 2. The van der Waals surface area contributed by atoms with Crippen LogP contribution < -0.4 is 5.32 Å². The molecule has 4 rings (SSSR count). The first-order valence-electron chi connectivity index (χ1n) is 9.79. The summed E-state index contributed by atoms with van der Waals surface area (Å²) in [6, 6.07) is 10.5. The van der Waals surface area contributed by atoms with Gasteiger partial charge in [-0.2, -0.15) is 0 Å². The molecule has 2 aliphatic heterocycles. The molecule has 29 heavy (non-hydrogen) atoms. The van der Waals surface area contributed by atoms with Crippen LogP contribution in [0.25, 0.3) is 0 Å². The molecule has 2 aromatic carbocycles. The van der Waals surface area contributed by atoms with E-state index < -0.39 is 17.6 Å². The summed E-state index contributed by atoms with van der Waals surface area (Å²) >= 11 is 0. The topological polar surface area (TPSA) is 69.7 Å². The van der Waals surface area contributed by atoms with E-state index in [1.165, 1.54) is 37.1 Å².